The van der Waals surface area contributed by atoms with Gasteiger partial charge in [0.25, 0.3) is 0 Å². The number of aryl methyl sites for hydroxylation is 1. The van der Waals surface area contributed by atoms with Gasteiger partial charge in [0.15, 0.2) is 5.65 Å². The van der Waals surface area contributed by atoms with Crippen LogP contribution in [0.1, 0.15) is 23.0 Å². The zero-order valence-electron chi connectivity index (χ0n) is 13.6. The van der Waals surface area contributed by atoms with Crippen LogP contribution in [-0.4, -0.2) is 22.5 Å². The number of hydrogen-bond donors (Lipinski definition) is 1. The van der Waals surface area contributed by atoms with Gasteiger partial charge in [-0.05, 0) is 44.2 Å². The van der Waals surface area contributed by atoms with Crippen molar-refractivity contribution in [3.05, 3.63) is 58.6 Å². The molecule has 0 aliphatic heterocycles. The highest BCUT2D eigenvalue weighted by molar-refractivity contribution is 6.33. The summed E-state index contributed by atoms with van der Waals surface area (Å²) in [4.78, 5) is 20.9. The Bertz CT molecular complexity index is 962. The Morgan fingerprint density at radius 3 is 2.84 bits per heavy atom. The molecule has 0 unspecified atom stereocenters. The number of esters is 1. The van der Waals surface area contributed by atoms with Gasteiger partial charge in [-0.25, -0.2) is 19.2 Å². The van der Waals surface area contributed by atoms with E-state index in [2.05, 4.69) is 15.3 Å². The molecule has 0 aliphatic carbocycles. The van der Waals surface area contributed by atoms with Crippen molar-refractivity contribution >= 4 is 40.0 Å². The zero-order valence-corrected chi connectivity index (χ0v) is 14.4. The first-order valence-electron chi connectivity index (χ1n) is 7.65. The third kappa shape index (κ3) is 3.53. The molecule has 0 bridgehead atoms. The number of ether oxygens (including phenoxy) is 1. The summed E-state index contributed by atoms with van der Waals surface area (Å²) in [5.41, 5.74) is 2.45. The first-order valence-corrected chi connectivity index (χ1v) is 8.03. The molecule has 2 aromatic heterocycles. The van der Waals surface area contributed by atoms with Crippen LogP contribution in [0.4, 0.5) is 15.8 Å². The van der Waals surface area contributed by atoms with E-state index in [4.69, 9.17) is 16.3 Å². The van der Waals surface area contributed by atoms with E-state index in [1.165, 1.54) is 24.4 Å². The third-order valence-electron chi connectivity index (χ3n) is 3.56. The molecule has 0 aliphatic rings. The molecule has 3 rings (SSSR count). The molecule has 2 heterocycles. The van der Waals surface area contributed by atoms with Gasteiger partial charge in [0, 0.05) is 17.3 Å². The number of nitrogens with one attached hydrogen (secondary N) is 1. The van der Waals surface area contributed by atoms with Crippen LogP contribution in [0.15, 0.2) is 36.5 Å². The van der Waals surface area contributed by atoms with Crippen LogP contribution in [0.2, 0.25) is 5.02 Å². The van der Waals surface area contributed by atoms with Gasteiger partial charge < -0.3 is 10.1 Å². The predicted octanol–water partition coefficient (Wildman–Crippen LogP) is 4.65. The summed E-state index contributed by atoms with van der Waals surface area (Å²) in [6.07, 6.45) is 1.41. The molecule has 0 fully saturated rings. The maximum atomic E-state index is 13.3. The molecule has 0 spiro atoms. The molecule has 5 nitrogen and oxygen atoms in total. The van der Waals surface area contributed by atoms with E-state index in [9.17, 15) is 9.18 Å². The largest absolute Gasteiger partial charge is 0.462 e. The van der Waals surface area contributed by atoms with Gasteiger partial charge in [-0.3, -0.25) is 0 Å². The van der Waals surface area contributed by atoms with E-state index in [-0.39, 0.29) is 17.2 Å². The first kappa shape index (κ1) is 17.1. The Labute approximate surface area is 148 Å². The van der Waals surface area contributed by atoms with Crippen molar-refractivity contribution in [2.24, 2.45) is 0 Å². The van der Waals surface area contributed by atoms with Gasteiger partial charge in [-0.15, -0.1) is 0 Å². The number of benzene rings is 1. The molecule has 3 aromatic rings. The van der Waals surface area contributed by atoms with Gasteiger partial charge in [0.1, 0.15) is 11.4 Å². The summed E-state index contributed by atoms with van der Waals surface area (Å²) >= 11 is 6.10. The molecule has 7 heteroatoms. The predicted molar refractivity (Wildman–Crippen MR) is 94.9 cm³/mol. The van der Waals surface area contributed by atoms with Crippen molar-refractivity contribution < 1.29 is 13.9 Å². The fraction of sp³-hybridized carbons (Fsp3) is 0.167. The van der Waals surface area contributed by atoms with Gasteiger partial charge in [0.2, 0.25) is 0 Å². The van der Waals surface area contributed by atoms with Crippen molar-refractivity contribution in [3.63, 3.8) is 0 Å². The number of nitrogens with zero attached hydrogens (tertiary/aromatic N) is 2. The molecular weight excluding hydrogens is 345 g/mol. The molecule has 0 saturated heterocycles. The van der Waals surface area contributed by atoms with Crippen LogP contribution in [-0.2, 0) is 4.74 Å². The number of aromatic nitrogens is 2. The lowest BCUT2D eigenvalue weighted by Gasteiger charge is -2.15. The number of hydrogen-bond acceptors (Lipinski definition) is 5. The van der Waals surface area contributed by atoms with Crippen LogP contribution in [0.3, 0.4) is 0 Å². The summed E-state index contributed by atoms with van der Waals surface area (Å²) in [5.74, 6) is -0.962. The van der Waals surface area contributed by atoms with Crippen molar-refractivity contribution in [2.45, 2.75) is 13.8 Å². The fourth-order valence-electron chi connectivity index (χ4n) is 2.40. The maximum Gasteiger partial charge on any atom is 0.341 e. The molecule has 0 saturated carbocycles. The summed E-state index contributed by atoms with van der Waals surface area (Å²) < 4.78 is 18.4. The van der Waals surface area contributed by atoms with Gasteiger partial charge in [-0.2, -0.15) is 0 Å². The van der Waals surface area contributed by atoms with E-state index >= 15 is 0 Å². The number of anilines is 2. The molecule has 0 atom stereocenters. The van der Waals surface area contributed by atoms with Crippen LogP contribution in [0, 0.1) is 12.7 Å². The average molecular weight is 360 g/mol. The Balaban J connectivity index is 2.17. The minimum Gasteiger partial charge on any atom is -0.462 e. The lowest BCUT2D eigenvalue weighted by Crippen LogP contribution is -2.10. The van der Waals surface area contributed by atoms with Crippen molar-refractivity contribution in [1.29, 1.82) is 0 Å². The molecule has 0 radical (unpaired) electrons. The zero-order chi connectivity index (χ0) is 18.0. The number of carbonyl (C=O) groups excluding carboxylic acids is 1. The minimum atomic E-state index is -0.516. The van der Waals surface area contributed by atoms with E-state index in [0.717, 1.165) is 5.69 Å². The van der Waals surface area contributed by atoms with Crippen LogP contribution in [0.5, 0.6) is 0 Å². The highest BCUT2D eigenvalue weighted by Gasteiger charge is 2.18. The monoisotopic (exact) mass is 359 g/mol. The Hall–Kier alpha value is -2.73. The molecule has 1 N–H and O–H groups in total. The summed E-state index contributed by atoms with van der Waals surface area (Å²) in [6, 6.07) is 7.60. The van der Waals surface area contributed by atoms with Gasteiger partial charge >= 0.3 is 5.97 Å². The van der Waals surface area contributed by atoms with E-state index in [1.807, 2.05) is 19.1 Å². The first-order chi connectivity index (χ1) is 12.0. The maximum absolute atomic E-state index is 13.3. The van der Waals surface area contributed by atoms with E-state index in [0.29, 0.717) is 22.4 Å². The molecule has 128 valence electrons. The molecule has 1 aromatic carbocycles. The molecule has 25 heavy (non-hydrogen) atoms. The van der Waals surface area contributed by atoms with E-state index in [1.54, 1.807) is 6.92 Å². The average Bonchev–Trinajstić information content (AvgIpc) is 2.57. The van der Waals surface area contributed by atoms with Crippen molar-refractivity contribution in [3.8, 4) is 0 Å². The second-order valence-electron chi connectivity index (χ2n) is 5.34. The summed E-state index contributed by atoms with van der Waals surface area (Å²) in [7, 11) is 0. The number of halogens is 2. The smallest absolute Gasteiger partial charge is 0.341 e. The number of fused-ring (bicyclic) bond motifs is 1. The van der Waals surface area contributed by atoms with Crippen LogP contribution >= 0.6 is 11.6 Å². The Kier molecular flexibility index (Phi) is 4.81. The highest BCUT2D eigenvalue weighted by atomic mass is 35.5. The topological polar surface area (TPSA) is 64.1 Å². The lowest BCUT2D eigenvalue weighted by molar-refractivity contribution is 0.0527. The van der Waals surface area contributed by atoms with Crippen molar-refractivity contribution in [1.82, 2.24) is 9.97 Å². The standard InChI is InChI=1S/C18H15ClFN3O2/c1-3-25-18(24)13-9-21-17-12(6-4-10(2)22-17)16(13)23-15-7-5-11(20)8-14(15)19/h4-9H,3H2,1-2H3,(H,21,22,23). The number of carbonyl (C=O) groups is 1. The molecule has 0 amide bonds. The van der Waals surface area contributed by atoms with Crippen molar-refractivity contribution in [2.75, 3.05) is 11.9 Å². The number of rotatable bonds is 4. The van der Waals surface area contributed by atoms with E-state index < -0.39 is 11.8 Å². The fourth-order valence-corrected chi connectivity index (χ4v) is 2.61. The lowest BCUT2D eigenvalue weighted by atomic mass is 10.1. The van der Waals surface area contributed by atoms with Gasteiger partial charge in [0.05, 0.1) is 23.0 Å². The quantitative estimate of drug-likeness (QED) is 0.687. The SMILES string of the molecule is CCOC(=O)c1cnc2nc(C)ccc2c1Nc1ccc(F)cc1Cl. The normalized spacial score (nSPS) is 10.7. The highest BCUT2D eigenvalue weighted by Crippen LogP contribution is 2.32. The summed E-state index contributed by atoms with van der Waals surface area (Å²) in [6.45, 7) is 3.81. The van der Waals surface area contributed by atoms with Gasteiger partial charge in [-0.1, -0.05) is 11.6 Å². The minimum absolute atomic E-state index is 0.194. The third-order valence-corrected chi connectivity index (χ3v) is 3.87. The summed E-state index contributed by atoms with van der Waals surface area (Å²) in [5, 5.41) is 3.92. The second-order valence-corrected chi connectivity index (χ2v) is 5.75. The van der Waals surface area contributed by atoms with Crippen LogP contribution in [0.25, 0.3) is 11.0 Å². The van der Waals surface area contributed by atoms with Crippen LogP contribution < -0.4 is 5.32 Å². The molecular formula is C18H15ClFN3O2. The Morgan fingerprint density at radius 1 is 1.32 bits per heavy atom. The second kappa shape index (κ2) is 7.03. The number of pyridine rings is 2. The Morgan fingerprint density at radius 2 is 2.12 bits per heavy atom.